The summed E-state index contributed by atoms with van der Waals surface area (Å²) in [5.74, 6) is 0. The molecule has 0 spiro atoms. The van der Waals surface area contributed by atoms with E-state index in [1.54, 1.807) is 0 Å². The van der Waals surface area contributed by atoms with Gasteiger partial charge in [-0.2, -0.15) is 0 Å². The summed E-state index contributed by atoms with van der Waals surface area (Å²) in [5, 5.41) is 1.11. The second-order valence-electron chi connectivity index (χ2n) is 12.2. The van der Waals surface area contributed by atoms with Crippen LogP contribution < -0.4 is 0 Å². The smallest absolute Gasteiger partial charge is 0.127 e. The highest BCUT2D eigenvalue weighted by Crippen LogP contribution is 2.39. The molecule has 0 saturated carbocycles. The van der Waals surface area contributed by atoms with Gasteiger partial charge in [-0.05, 0) is 39.8 Å². The lowest BCUT2D eigenvalue weighted by atomic mass is 9.92. The molecule has 1 fully saturated rings. The molecule has 6 nitrogen and oxygen atoms in total. The maximum Gasteiger partial charge on any atom is 0.127 e. The van der Waals surface area contributed by atoms with Gasteiger partial charge in [0.15, 0.2) is 0 Å². The third-order valence-electron chi connectivity index (χ3n) is 8.74. The molecule has 0 amide bonds. The van der Waals surface area contributed by atoms with Gasteiger partial charge >= 0.3 is 0 Å². The molecule has 244 valence electrons. The highest BCUT2D eigenvalue weighted by molar-refractivity contribution is 5.80. The first-order chi connectivity index (χ1) is 23.8. The number of hydrogen-bond acceptors (Lipinski definition) is 5. The van der Waals surface area contributed by atoms with Crippen molar-refractivity contribution in [3.63, 3.8) is 0 Å². The van der Waals surface area contributed by atoms with E-state index in [4.69, 9.17) is 23.7 Å². The number of ether oxygens (including phenoxy) is 5. The van der Waals surface area contributed by atoms with Gasteiger partial charge in [-0.15, -0.1) is 0 Å². The Morgan fingerprint density at radius 3 is 1.48 bits per heavy atom. The zero-order valence-corrected chi connectivity index (χ0v) is 26.9. The van der Waals surface area contributed by atoms with Gasteiger partial charge in [-0.25, -0.2) is 0 Å². The largest absolute Gasteiger partial charge is 0.374 e. The molecular formula is C42H41NO5. The van der Waals surface area contributed by atoms with Crippen molar-refractivity contribution >= 4 is 10.9 Å². The number of aromatic amines is 1. The molecule has 1 aliphatic rings. The second-order valence-corrected chi connectivity index (χ2v) is 12.2. The predicted molar refractivity (Wildman–Crippen MR) is 187 cm³/mol. The van der Waals surface area contributed by atoms with E-state index in [0.717, 1.165) is 38.9 Å². The minimum Gasteiger partial charge on any atom is -0.374 e. The monoisotopic (exact) mass is 639 g/mol. The number of H-pyrrole nitrogens is 1. The topological polar surface area (TPSA) is 61.9 Å². The van der Waals surface area contributed by atoms with Gasteiger partial charge in [0, 0.05) is 11.2 Å². The summed E-state index contributed by atoms with van der Waals surface area (Å²) in [5.41, 5.74) is 6.29. The fourth-order valence-corrected chi connectivity index (χ4v) is 6.29. The summed E-state index contributed by atoms with van der Waals surface area (Å²) in [6, 6.07) is 51.3. The van der Waals surface area contributed by atoms with Crippen LogP contribution in [-0.4, -0.2) is 36.0 Å². The Morgan fingerprint density at radius 1 is 0.479 bits per heavy atom. The van der Waals surface area contributed by atoms with Crippen LogP contribution >= 0.6 is 0 Å². The third kappa shape index (κ3) is 8.11. The van der Waals surface area contributed by atoms with Crippen LogP contribution in [0, 0.1) is 0 Å². The van der Waals surface area contributed by atoms with Gasteiger partial charge in [0.2, 0.25) is 0 Å². The Balaban J connectivity index is 1.24. The molecule has 1 aromatic heterocycles. The van der Waals surface area contributed by atoms with Gasteiger partial charge in [-0.1, -0.05) is 140 Å². The number of benzene rings is 5. The first kappa shape index (κ1) is 32.0. The van der Waals surface area contributed by atoms with Crippen LogP contribution in [0.3, 0.4) is 0 Å². The number of nitrogens with one attached hydrogen (secondary N) is 1. The molecule has 2 heterocycles. The summed E-state index contributed by atoms with van der Waals surface area (Å²) in [4.78, 5) is 3.62. The van der Waals surface area contributed by atoms with Gasteiger partial charge in [-0.3, -0.25) is 0 Å². The van der Waals surface area contributed by atoms with Crippen molar-refractivity contribution in [3.8, 4) is 0 Å². The highest BCUT2D eigenvalue weighted by Gasteiger charge is 2.49. The first-order valence-electron chi connectivity index (χ1n) is 16.6. The SMILES string of the molecule is c1ccc(COC[C@H]2O[C@H](c3cc4ccccc4[nH]3)[C@@H](OCc3ccccc3)[C@@H](OCc3ccccc3)[C@@H]2OCc2ccccc2)cc1. The van der Waals surface area contributed by atoms with E-state index in [0.29, 0.717) is 33.0 Å². The lowest BCUT2D eigenvalue weighted by Gasteiger charge is -2.46. The molecular weight excluding hydrogens is 598 g/mol. The summed E-state index contributed by atoms with van der Waals surface area (Å²) in [6.07, 6.45) is -2.36. The normalized spacial score (nSPS) is 21.0. The standard InChI is InChI=1S/C42H41NO5/c1-5-15-31(16-6-1)26-44-30-38-40(45-27-32-17-7-2-8-18-32)42(47-29-34-21-11-4-12-22-34)41(46-28-33-19-9-3-10-20-33)39(48-38)37-25-35-23-13-14-24-36(35)43-37/h1-25,38-43H,26-30H2/t38-,39-,40-,41-,42+/m1/s1. The maximum atomic E-state index is 7.04. The molecule has 0 unspecified atom stereocenters. The quantitative estimate of drug-likeness (QED) is 0.129. The minimum absolute atomic E-state index is 0.321. The van der Waals surface area contributed by atoms with Crippen molar-refractivity contribution in [3.05, 3.63) is 180 Å². The fraction of sp³-hybridized carbons (Fsp3) is 0.238. The number of aromatic nitrogens is 1. The fourth-order valence-electron chi connectivity index (χ4n) is 6.29. The van der Waals surface area contributed by atoms with Crippen molar-refractivity contribution in [1.29, 1.82) is 0 Å². The summed E-state index contributed by atoms with van der Waals surface area (Å²) in [7, 11) is 0. The summed E-state index contributed by atoms with van der Waals surface area (Å²) < 4.78 is 33.9. The maximum absolute atomic E-state index is 7.04. The van der Waals surface area contributed by atoms with Crippen LogP contribution in [0.2, 0.25) is 0 Å². The molecule has 1 N–H and O–H groups in total. The number of para-hydroxylation sites is 1. The highest BCUT2D eigenvalue weighted by atomic mass is 16.6. The van der Waals surface area contributed by atoms with Crippen LogP contribution in [0.5, 0.6) is 0 Å². The molecule has 5 aromatic carbocycles. The van der Waals surface area contributed by atoms with Crippen LogP contribution in [0.15, 0.2) is 152 Å². The Kier molecular flexibility index (Phi) is 10.7. The Hall–Kier alpha value is -4.56. The van der Waals surface area contributed by atoms with Crippen LogP contribution in [0.1, 0.15) is 34.1 Å². The van der Waals surface area contributed by atoms with Crippen molar-refractivity contribution in [2.24, 2.45) is 0 Å². The molecule has 1 saturated heterocycles. The van der Waals surface area contributed by atoms with Crippen LogP contribution in [-0.2, 0) is 50.1 Å². The molecule has 0 aliphatic carbocycles. The Bertz CT molecular complexity index is 1780. The van der Waals surface area contributed by atoms with Gasteiger partial charge in [0.25, 0.3) is 0 Å². The Morgan fingerprint density at radius 2 is 0.938 bits per heavy atom. The molecule has 6 aromatic rings. The van der Waals surface area contributed by atoms with E-state index in [-0.39, 0.29) is 0 Å². The minimum atomic E-state index is -0.492. The van der Waals surface area contributed by atoms with Crippen molar-refractivity contribution < 1.29 is 23.7 Å². The molecule has 6 heteroatoms. The summed E-state index contributed by atoms with van der Waals surface area (Å²) in [6.45, 7) is 1.99. The molecule has 5 atom stereocenters. The summed E-state index contributed by atoms with van der Waals surface area (Å²) >= 11 is 0. The number of fused-ring (bicyclic) bond motifs is 1. The third-order valence-corrected chi connectivity index (χ3v) is 8.74. The van der Waals surface area contributed by atoms with E-state index in [1.807, 2.05) is 84.9 Å². The predicted octanol–water partition coefficient (Wildman–Crippen LogP) is 8.58. The van der Waals surface area contributed by atoms with Gasteiger partial charge in [0.05, 0.1) is 33.0 Å². The van der Waals surface area contributed by atoms with Crippen molar-refractivity contribution in [2.45, 2.75) is 56.9 Å². The number of hydrogen-bond donors (Lipinski definition) is 1. The van der Waals surface area contributed by atoms with E-state index in [9.17, 15) is 0 Å². The number of rotatable bonds is 14. The van der Waals surface area contributed by atoms with E-state index in [2.05, 4.69) is 71.7 Å². The first-order valence-corrected chi connectivity index (χ1v) is 16.6. The van der Waals surface area contributed by atoms with Crippen molar-refractivity contribution in [1.82, 2.24) is 4.98 Å². The van der Waals surface area contributed by atoms with E-state index in [1.165, 1.54) is 0 Å². The second kappa shape index (κ2) is 16.0. The zero-order valence-electron chi connectivity index (χ0n) is 26.9. The molecule has 7 rings (SSSR count). The van der Waals surface area contributed by atoms with Gasteiger partial charge in [0.1, 0.15) is 30.5 Å². The van der Waals surface area contributed by atoms with E-state index < -0.39 is 30.5 Å². The van der Waals surface area contributed by atoms with Gasteiger partial charge < -0.3 is 28.7 Å². The van der Waals surface area contributed by atoms with E-state index >= 15 is 0 Å². The molecule has 0 bridgehead atoms. The average molecular weight is 640 g/mol. The lowest BCUT2D eigenvalue weighted by Crippen LogP contribution is -2.58. The molecule has 1 aliphatic heterocycles. The lowest BCUT2D eigenvalue weighted by molar-refractivity contribution is -0.275. The Labute approximate surface area is 282 Å². The molecule has 0 radical (unpaired) electrons. The average Bonchev–Trinajstić information content (AvgIpc) is 3.59. The van der Waals surface area contributed by atoms with Crippen molar-refractivity contribution in [2.75, 3.05) is 6.61 Å². The molecule has 48 heavy (non-hydrogen) atoms. The zero-order chi connectivity index (χ0) is 32.4. The van der Waals surface area contributed by atoms with Crippen LogP contribution in [0.25, 0.3) is 10.9 Å². The van der Waals surface area contributed by atoms with Crippen LogP contribution in [0.4, 0.5) is 0 Å².